The van der Waals surface area contributed by atoms with Crippen LogP contribution in [0, 0.1) is 0 Å². The van der Waals surface area contributed by atoms with Gasteiger partial charge in [-0.15, -0.1) is 0 Å². The monoisotopic (exact) mass is 334 g/mol. The maximum absolute atomic E-state index is 10.5. The minimum Gasteiger partial charge on any atom is -0.542 e. The Kier molecular flexibility index (Phi) is 7.56. The van der Waals surface area contributed by atoms with E-state index in [1.165, 1.54) is 0 Å². The molecule has 23 heavy (non-hydrogen) atoms. The van der Waals surface area contributed by atoms with E-state index in [1.54, 1.807) is 0 Å². The van der Waals surface area contributed by atoms with Gasteiger partial charge in [0.1, 0.15) is 24.5 Å². The largest absolute Gasteiger partial charge is 2.00 e. The molecule has 0 saturated heterocycles. The van der Waals surface area contributed by atoms with E-state index >= 15 is 0 Å². The van der Waals surface area contributed by atoms with Crippen LogP contribution in [0.2, 0.25) is 0 Å². The first-order valence-electron chi connectivity index (χ1n) is 5.28. The Bertz CT molecular complexity index is 750. The fraction of sp³-hybridized carbons (Fsp3) is 0. The van der Waals surface area contributed by atoms with E-state index in [4.69, 9.17) is 10.2 Å². The Morgan fingerprint density at radius 1 is 0.826 bits per heavy atom. The van der Waals surface area contributed by atoms with Gasteiger partial charge in [-0.2, -0.15) is 0 Å². The van der Waals surface area contributed by atoms with Gasteiger partial charge in [-0.1, -0.05) is 0 Å². The van der Waals surface area contributed by atoms with Gasteiger partial charge in [0.25, 0.3) is 0 Å². The van der Waals surface area contributed by atoms with Crippen LogP contribution in [0.3, 0.4) is 0 Å². The molecule has 0 saturated carbocycles. The summed E-state index contributed by atoms with van der Waals surface area (Å²) < 4.78 is 8.58. The molecule has 116 valence electrons. The van der Waals surface area contributed by atoms with Crippen LogP contribution in [0.4, 0.5) is 0 Å². The van der Waals surface area contributed by atoms with Gasteiger partial charge < -0.3 is 38.8 Å². The Hall–Kier alpha value is -2.79. The van der Waals surface area contributed by atoms with Crippen molar-refractivity contribution in [2.45, 2.75) is 0 Å². The molecule has 0 bridgehead atoms. The Balaban J connectivity index is 0.000000403. The molecule has 0 spiro atoms. The van der Waals surface area contributed by atoms with Gasteiger partial charge in [-0.05, 0) is 0 Å². The second kappa shape index (κ2) is 8.60. The van der Waals surface area contributed by atoms with Crippen LogP contribution in [0.15, 0.2) is 43.1 Å². The fourth-order valence-corrected chi connectivity index (χ4v) is 1.02. The first-order chi connectivity index (χ1) is 10.2. The molecule has 0 fully saturated rings. The van der Waals surface area contributed by atoms with E-state index in [9.17, 15) is 29.4 Å². The van der Waals surface area contributed by atoms with Gasteiger partial charge >= 0.3 is 23.1 Å². The van der Waals surface area contributed by atoms with Crippen molar-refractivity contribution in [2.75, 3.05) is 0 Å². The van der Waals surface area contributed by atoms with Crippen molar-refractivity contribution in [2.24, 2.45) is 0 Å². The average molecular weight is 334 g/mol. The summed E-state index contributed by atoms with van der Waals surface area (Å²) in [6.45, 7) is 0. The number of rotatable bonds is 2. The molecule has 0 radical (unpaired) electrons. The van der Waals surface area contributed by atoms with E-state index in [0.29, 0.717) is 24.7 Å². The number of carboxylic acid groups (broad SMARTS) is 2. The first kappa shape index (κ1) is 20.2. The molecular formula is C12H6MgO10. The molecule has 2 rings (SSSR count). The van der Waals surface area contributed by atoms with Crippen LogP contribution in [-0.2, 0) is 0 Å². The maximum Gasteiger partial charge on any atom is 2.00 e. The zero-order valence-electron chi connectivity index (χ0n) is 11.2. The third kappa shape index (κ3) is 5.84. The normalized spacial score (nSPS) is 9.04. The Labute approximate surface area is 142 Å². The second-order valence-electron chi connectivity index (χ2n) is 3.56. The molecule has 0 aliphatic carbocycles. The molecule has 0 atom stereocenters. The van der Waals surface area contributed by atoms with Gasteiger partial charge in [0, 0.05) is 12.1 Å². The van der Waals surface area contributed by atoms with Crippen LogP contribution in [0.1, 0.15) is 21.1 Å². The zero-order chi connectivity index (χ0) is 16.9. The number of carbonyl (C=O) groups is 2. The molecular weight excluding hydrogens is 328 g/mol. The molecule has 2 aromatic rings. The Morgan fingerprint density at radius 3 is 1.35 bits per heavy atom. The standard InChI is InChI=1S/2C6H4O5.Mg/c2*7-3-1-5(6(9)10)11-2-4(3)8;/h2*1-2,8H,(H,9,10);/q;;+2/p-2. The number of carbonyl (C=O) groups excluding carboxylic acids is 2. The van der Waals surface area contributed by atoms with Crippen LogP contribution >= 0.6 is 0 Å². The van der Waals surface area contributed by atoms with Crippen LogP contribution < -0.4 is 21.1 Å². The van der Waals surface area contributed by atoms with Gasteiger partial charge in [-0.3, -0.25) is 9.59 Å². The van der Waals surface area contributed by atoms with E-state index < -0.39 is 45.8 Å². The molecule has 0 unspecified atom stereocenters. The molecule has 0 aromatic carbocycles. The molecule has 0 aliphatic heterocycles. The van der Waals surface area contributed by atoms with Crippen molar-refractivity contribution in [1.82, 2.24) is 0 Å². The van der Waals surface area contributed by atoms with E-state index in [2.05, 4.69) is 8.83 Å². The molecule has 11 heteroatoms. The smallest absolute Gasteiger partial charge is 0.542 e. The van der Waals surface area contributed by atoms with E-state index in [1.807, 2.05) is 0 Å². The minimum atomic E-state index is -1.60. The molecule has 0 amide bonds. The summed E-state index contributed by atoms with van der Waals surface area (Å²) in [4.78, 5) is 41.2. The molecule has 0 aliphatic rings. The SMILES string of the molecule is O=C([O-])c1cc(=O)c(O)co1.O=C([O-])c1cc(=O)c(O)co1.[Mg+2]. The van der Waals surface area contributed by atoms with E-state index in [0.717, 1.165) is 0 Å². The first-order valence-corrected chi connectivity index (χ1v) is 5.28. The van der Waals surface area contributed by atoms with Gasteiger partial charge in [-0.25, -0.2) is 0 Å². The second-order valence-corrected chi connectivity index (χ2v) is 3.56. The van der Waals surface area contributed by atoms with Crippen molar-refractivity contribution in [3.05, 3.63) is 56.6 Å². The number of carboxylic acids is 2. The summed E-state index contributed by atoms with van der Waals surface area (Å²) in [7, 11) is 0. The quantitative estimate of drug-likeness (QED) is 0.538. The maximum atomic E-state index is 10.5. The van der Waals surface area contributed by atoms with Gasteiger partial charge in [0.05, 0.1) is 0 Å². The minimum absolute atomic E-state index is 0. The van der Waals surface area contributed by atoms with Crippen molar-refractivity contribution in [3.63, 3.8) is 0 Å². The summed E-state index contributed by atoms with van der Waals surface area (Å²) in [6.07, 6.45) is 1.29. The van der Waals surface area contributed by atoms with Crippen LogP contribution in [0.25, 0.3) is 0 Å². The molecule has 2 heterocycles. The van der Waals surface area contributed by atoms with Gasteiger partial charge in [0.2, 0.25) is 10.9 Å². The van der Waals surface area contributed by atoms with Crippen molar-refractivity contribution < 1.29 is 38.8 Å². The third-order valence-electron chi connectivity index (χ3n) is 2.03. The summed E-state index contributed by atoms with van der Waals surface area (Å²) >= 11 is 0. The Morgan fingerprint density at radius 2 is 1.13 bits per heavy atom. The van der Waals surface area contributed by atoms with Crippen molar-refractivity contribution in [1.29, 1.82) is 0 Å². The summed E-state index contributed by atoms with van der Waals surface area (Å²) in [5.74, 6) is -5.66. The van der Waals surface area contributed by atoms with Crippen molar-refractivity contribution in [3.8, 4) is 11.5 Å². The van der Waals surface area contributed by atoms with E-state index in [-0.39, 0.29) is 23.1 Å². The average Bonchev–Trinajstić information content (AvgIpc) is 2.45. The third-order valence-corrected chi connectivity index (χ3v) is 2.03. The summed E-state index contributed by atoms with van der Waals surface area (Å²) in [5.41, 5.74) is -1.62. The zero-order valence-corrected chi connectivity index (χ0v) is 12.6. The summed E-state index contributed by atoms with van der Waals surface area (Å²) in [6, 6.07) is 1.29. The molecule has 2 aromatic heterocycles. The fourth-order valence-electron chi connectivity index (χ4n) is 1.02. The predicted molar refractivity (Wildman–Crippen MR) is 67.7 cm³/mol. The number of aromatic hydroxyl groups is 2. The van der Waals surface area contributed by atoms with Crippen LogP contribution in [0.5, 0.6) is 11.5 Å². The van der Waals surface area contributed by atoms with Crippen molar-refractivity contribution >= 4 is 35.0 Å². The predicted octanol–water partition coefficient (Wildman–Crippen LogP) is -2.96. The van der Waals surface area contributed by atoms with Gasteiger partial charge in [0.15, 0.2) is 23.0 Å². The number of aromatic carboxylic acids is 2. The number of hydrogen-bond acceptors (Lipinski definition) is 10. The van der Waals surface area contributed by atoms with Crippen LogP contribution in [-0.4, -0.2) is 45.2 Å². The topological polar surface area (TPSA) is 181 Å². The molecule has 2 N–H and O–H groups in total. The number of hydrogen-bond donors (Lipinski definition) is 2. The molecule has 10 nitrogen and oxygen atoms in total. The summed E-state index contributed by atoms with van der Waals surface area (Å²) in [5, 5.41) is 37.3.